The van der Waals surface area contributed by atoms with E-state index in [0.717, 1.165) is 16.5 Å². The lowest BCUT2D eigenvalue weighted by atomic mass is 10.1. The van der Waals surface area contributed by atoms with Gasteiger partial charge in [0, 0.05) is 5.39 Å². The van der Waals surface area contributed by atoms with Gasteiger partial charge in [0.1, 0.15) is 11.6 Å². The van der Waals surface area contributed by atoms with Crippen molar-refractivity contribution >= 4 is 34.2 Å². The minimum absolute atomic E-state index is 0.100. The number of nitrogens with zero attached hydrogens (tertiary/aromatic N) is 1. The zero-order valence-corrected chi connectivity index (χ0v) is 13.1. The van der Waals surface area contributed by atoms with Gasteiger partial charge < -0.3 is 5.11 Å². The molecule has 0 atom stereocenters. The van der Waals surface area contributed by atoms with Gasteiger partial charge in [0.25, 0.3) is 5.91 Å². The number of hydrogen-bond acceptors (Lipinski definition) is 4. The molecule has 5 nitrogen and oxygen atoms in total. The molecule has 0 spiro atoms. The van der Waals surface area contributed by atoms with Crippen LogP contribution < -0.4 is 10.9 Å². The summed E-state index contributed by atoms with van der Waals surface area (Å²) in [7, 11) is 0. The van der Waals surface area contributed by atoms with Crippen molar-refractivity contribution in [1.82, 2.24) is 10.4 Å². The topological polar surface area (TPSA) is 74.2 Å². The number of aryl methyl sites for hydroxylation is 1. The fraction of sp³-hybridized carbons (Fsp3) is 0.0588. The standard InChI is InChI=1S/C17H14ClN3O2/c1-10-8-12(16(22)13(18)9-10)17(23)21-20-15-7-6-11-4-2-3-5-14(11)19-15/h2-9,22H,1H3,(H,19,20)(H,21,23). The first kappa shape index (κ1) is 15.1. The molecule has 116 valence electrons. The lowest BCUT2D eigenvalue weighted by Gasteiger charge is -2.11. The molecule has 1 amide bonds. The number of benzene rings is 2. The Hall–Kier alpha value is -2.79. The molecule has 0 fully saturated rings. The maximum absolute atomic E-state index is 12.2. The van der Waals surface area contributed by atoms with E-state index < -0.39 is 5.91 Å². The van der Waals surface area contributed by atoms with Crippen LogP contribution in [0.15, 0.2) is 48.5 Å². The van der Waals surface area contributed by atoms with Gasteiger partial charge >= 0.3 is 0 Å². The molecule has 1 heterocycles. The summed E-state index contributed by atoms with van der Waals surface area (Å²) in [5.74, 6) is -0.249. The molecule has 0 aliphatic heterocycles. The van der Waals surface area contributed by atoms with Crippen LogP contribution in [-0.2, 0) is 0 Å². The average molecular weight is 328 g/mol. The number of amides is 1. The number of fused-ring (bicyclic) bond motifs is 1. The van der Waals surface area contributed by atoms with E-state index in [4.69, 9.17) is 11.6 Å². The molecule has 0 saturated carbocycles. The number of carbonyl (C=O) groups is 1. The Morgan fingerprint density at radius 2 is 1.96 bits per heavy atom. The molecule has 3 rings (SSSR count). The van der Waals surface area contributed by atoms with Crippen LogP contribution >= 0.6 is 11.6 Å². The zero-order valence-electron chi connectivity index (χ0n) is 12.3. The molecule has 0 aliphatic rings. The molecule has 6 heteroatoms. The molecule has 0 aliphatic carbocycles. The quantitative estimate of drug-likeness (QED) is 0.642. The molecule has 23 heavy (non-hydrogen) atoms. The SMILES string of the molecule is Cc1cc(Cl)c(O)c(C(=O)NNc2ccc3ccccc3n2)c1. The van der Waals surface area contributed by atoms with Gasteiger partial charge in [-0.1, -0.05) is 29.8 Å². The predicted octanol–water partition coefficient (Wildman–Crippen LogP) is 3.66. The van der Waals surface area contributed by atoms with Crippen molar-refractivity contribution in [2.45, 2.75) is 6.92 Å². The van der Waals surface area contributed by atoms with Gasteiger partial charge in [0.05, 0.1) is 16.1 Å². The van der Waals surface area contributed by atoms with Crippen LogP contribution in [0.25, 0.3) is 10.9 Å². The van der Waals surface area contributed by atoms with Gasteiger partial charge in [-0.3, -0.25) is 15.6 Å². The lowest BCUT2D eigenvalue weighted by Crippen LogP contribution is -2.29. The van der Waals surface area contributed by atoms with Gasteiger partial charge in [-0.2, -0.15) is 0 Å². The van der Waals surface area contributed by atoms with Crippen LogP contribution in [0, 0.1) is 6.92 Å². The summed E-state index contributed by atoms with van der Waals surface area (Å²) < 4.78 is 0. The second-order valence-corrected chi connectivity index (χ2v) is 5.52. The van der Waals surface area contributed by atoms with E-state index in [1.54, 1.807) is 25.1 Å². The van der Waals surface area contributed by atoms with Gasteiger partial charge in [0.15, 0.2) is 0 Å². The number of aromatic nitrogens is 1. The highest BCUT2D eigenvalue weighted by Gasteiger charge is 2.14. The summed E-state index contributed by atoms with van der Waals surface area (Å²) in [6, 6.07) is 14.5. The van der Waals surface area contributed by atoms with Crippen LogP contribution in [-0.4, -0.2) is 16.0 Å². The first-order chi connectivity index (χ1) is 11.0. The molecule has 0 bridgehead atoms. The normalized spacial score (nSPS) is 10.5. The van der Waals surface area contributed by atoms with Crippen LogP contribution in [0.2, 0.25) is 5.02 Å². The van der Waals surface area contributed by atoms with E-state index in [1.165, 1.54) is 0 Å². The third-order valence-corrected chi connectivity index (χ3v) is 3.64. The summed E-state index contributed by atoms with van der Waals surface area (Å²) in [5.41, 5.74) is 6.93. The van der Waals surface area contributed by atoms with E-state index in [0.29, 0.717) is 5.82 Å². The number of phenols is 1. The van der Waals surface area contributed by atoms with E-state index in [1.807, 2.05) is 30.3 Å². The van der Waals surface area contributed by atoms with Gasteiger partial charge in [-0.25, -0.2) is 4.98 Å². The number of halogens is 1. The van der Waals surface area contributed by atoms with Crippen LogP contribution in [0.5, 0.6) is 5.75 Å². The Kier molecular flexibility index (Phi) is 4.04. The van der Waals surface area contributed by atoms with Crippen LogP contribution in [0.3, 0.4) is 0 Å². The summed E-state index contributed by atoms with van der Waals surface area (Å²) in [6.45, 7) is 1.79. The molecule has 3 N–H and O–H groups in total. The molecule has 0 saturated heterocycles. The number of phenolic OH excluding ortho intramolecular Hbond substituents is 1. The lowest BCUT2D eigenvalue weighted by molar-refractivity contribution is 0.0960. The van der Waals surface area contributed by atoms with Crippen molar-refractivity contribution in [3.63, 3.8) is 0 Å². The number of hydrogen-bond donors (Lipinski definition) is 3. The number of aromatic hydroxyl groups is 1. The Balaban J connectivity index is 1.78. The average Bonchev–Trinajstić information content (AvgIpc) is 2.55. The largest absolute Gasteiger partial charge is 0.506 e. The molecule has 0 radical (unpaired) electrons. The number of carbonyl (C=O) groups excluding carboxylic acids is 1. The minimum atomic E-state index is -0.497. The van der Waals surface area contributed by atoms with Crippen molar-refractivity contribution in [1.29, 1.82) is 0 Å². The van der Waals surface area contributed by atoms with E-state index >= 15 is 0 Å². The second-order valence-electron chi connectivity index (χ2n) is 5.11. The van der Waals surface area contributed by atoms with E-state index in [2.05, 4.69) is 15.8 Å². The smallest absolute Gasteiger partial charge is 0.273 e. The monoisotopic (exact) mass is 327 g/mol. The molecule has 0 unspecified atom stereocenters. The van der Waals surface area contributed by atoms with Crippen molar-refractivity contribution in [2.75, 3.05) is 5.43 Å². The maximum Gasteiger partial charge on any atom is 0.273 e. The molecular formula is C17H14ClN3O2. The highest BCUT2D eigenvalue weighted by Crippen LogP contribution is 2.28. The number of hydrazine groups is 1. The Bertz CT molecular complexity index is 896. The fourth-order valence-corrected chi connectivity index (χ4v) is 2.51. The van der Waals surface area contributed by atoms with Crippen molar-refractivity contribution in [3.8, 4) is 5.75 Å². The maximum atomic E-state index is 12.2. The van der Waals surface area contributed by atoms with Gasteiger partial charge in [-0.15, -0.1) is 0 Å². The fourth-order valence-electron chi connectivity index (χ4n) is 2.23. The number of nitrogens with one attached hydrogen (secondary N) is 2. The zero-order chi connectivity index (χ0) is 16.4. The third kappa shape index (κ3) is 3.19. The number of para-hydroxylation sites is 1. The van der Waals surface area contributed by atoms with Crippen molar-refractivity contribution in [2.24, 2.45) is 0 Å². The predicted molar refractivity (Wildman–Crippen MR) is 90.7 cm³/mol. The summed E-state index contributed by atoms with van der Waals surface area (Å²) in [6.07, 6.45) is 0. The van der Waals surface area contributed by atoms with Gasteiger partial charge in [0.2, 0.25) is 0 Å². The number of anilines is 1. The number of pyridine rings is 1. The first-order valence-corrected chi connectivity index (χ1v) is 7.33. The highest BCUT2D eigenvalue weighted by atomic mass is 35.5. The third-order valence-electron chi connectivity index (χ3n) is 3.35. The summed E-state index contributed by atoms with van der Waals surface area (Å²) in [4.78, 5) is 16.6. The van der Waals surface area contributed by atoms with Gasteiger partial charge in [-0.05, 0) is 42.8 Å². The van der Waals surface area contributed by atoms with Crippen molar-refractivity contribution in [3.05, 3.63) is 64.7 Å². The minimum Gasteiger partial charge on any atom is -0.506 e. The Morgan fingerprint density at radius 1 is 1.17 bits per heavy atom. The van der Waals surface area contributed by atoms with E-state index in [-0.39, 0.29) is 16.3 Å². The van der Waals surface area contributed by atoms with E-state index in [9.17, 15) is 9.90 Å². The Morgan fingerprint density at radius 3 is 2.78 bits per heavy atom. The Labute approximate surface area is 137 Å². The highest BCUT2D eigenvalue weighted by molar-refractivity contribution is 6.32. The first-order valence-electron chi connectivity index (χ1n) is 6.96. The van der Waals surface area contributed by atoms with Crippen LogP contribution in [0.1, 0.15) is 15.9 Å². The number of rotatable bonds is 3. The molecule has 3 aromatic rings. The second kappa shape index (κ2) is 6.14. The summed E-state index contributed by atoms with van der Waals surface area (Å²) in [5, 5.41) is 11.0. The molecule has 2 aromatic carbocycles. The molecule has 1 aromatic heterocycles. The van der Waals surface area contributed by atoms with Crippen molar-refractivity contribution < 1.29 is 9.90 Å². The van der Waals surface area contributed by atoms with Crippen LogP contribution in [0.4, 0.5) is 5.82 Å². The molecular weight excluding hydrogens is 314 g/mol. The summed E-state index contributed by atoms with van der Waals surface area (Å²) >= 11 is 5.88.